The van der Waals surface area contributed by atoms with Crippen LogP contribution >= 0.6 is 0 Å². The third kappa shape index (κ3) is 6.26. The highest BCUT2D eigenvalue weighted by molar-refractivity contribution is 7.93. The van der Waals surface area contributed by atoms with Crippen LogP contribution in [-0.4, -0.2) is 72.5 Å². The molecular weight excluding hydrogens is 607 g/mol. The molecule has 2 aromatic carbocycles. The second-order valence-corrected chi connectivity index (χ2v) is 17.5. The van der Waals surface area contributed by atoms with Crippen LogP contribution in [0.1, 0.15) is 49.0 Å². The number of ether oxygens (including phenoxy) is 1. The molecule has 0 N–H and O–H groups in total. The Morgan fingerprint density at radius 1 is 0.902 bits per heavy atom. The van der Waals surface area contributed by atoms with Crippen LogP contribution in [0.4, 0.5) is 13.2 Å². The lowest BCUT2D eigenvalue weighted by molar-refractivity contribution is -0.137. The smallest absolute Gasteiger partial charge is 0.416 e. The predicted octanol–water partition coefficient (Wildman–Crippen LogP) is 3.77. The Labute approximate surface area is 237 Å². The molecule has 1 aliphatic carbocycles. The van der Waals surface area contributed by atoms with Gasteiger partial charge >= 0.3 is 6.18 Å². The number of likely N-dealkylation sites (tertiary alicyclic amines) is 1. The molecule has 0 unspecified atom stereocenters. The van der Waals surface area contributed by atoms with Gasteiger partial charge in [0.15, 0.2) is 29.5 Å². The number of rotatable bonds is 8. The lowest BCUT2D eigenvalue weighted by Crippen LogP contribution is -2.42. The fourth-order valence-electron chi connectivity index (χ4n) is 4.84. The van der Waals surface area contributed by atoms with E-state index in [4.69, 9.17) is 4.74 Å². The molecule has 0 aromatic heterocycles. The van der Waals surface area contributed by atoms with Crippen molar-refractivity contribution in [1.29, 1.82) is 0 Å². The maximum atomic E-state index is 13.8. The van der Waals surface area contributed by atoms with Crippen LogP contribution in [0, 0.1) is 5.92 Å². The Morgan fingerprint density at radius 3 is 1.95 bits per heavy atom. The molecule has 1 atom stereocenters. The maximum absolute atomic E-state index is 13.8. The molecule has 1 saturated heterocycles. The summed E-state index contributed by atoms with van der Waals surface area (Å²) in [6.45, 7) is 2.48. The van der Waals surface area contributed by atoms with Crippen molar-refractivity contribution in [2.24, 2.45) is 5.92 Å². The highest BCUT2D eigenvalue weighted by atomic mass is 32.2. The summed E-state index contributed by atoms with van der Waals surface area (Å²) in [6, 6.07) is 5.65. The maximum Gasteiger partial charge on any atom is 0.416 e. The third-order valence-corrected chi connectivity index (χ3v) is 12.3. The van der Waals surface area contributed by atoms with Gasteiger partial charge in [-0.25, -0.2) is 25.3 Å². The van der Waals surface area contributed by atoms with Crippen LogP contribution in [0.25, 0.3) is 0 Å². The van der Waals surface area contributed by atoms with E-state index in [0.29, 0.717) is 6.07 Å². The number of nitrogens with zero attached hydrogens (tertiary/aromatic N) is 1. The predicted molar refractivity (Wildman–Crippen MR) is 143 cm³/mol. The average Bonchev–Trinajstić information content (AvgIpc) is 3.51. The van der Waals surface area contributed by atoms with Crippen molar-refractivity contribution in [3.05, 3.63) is 47.5 Å². The first-order chi connectivity index (χ1) is 18.6. The molecule has 1 aliphatic heterocycles. The van der Waals surface area contributed by atoms with E-state index in [-0.39, 0.29) is 31.4 Å². The molecule has 0 radical (unpaired) electrons. The monoisotopic (exact) mass is 637 g/mol. The standard InChI is InChI=1S/C26H30F3NO8S3/c1-25(2,41(36,37)20-7-5-6-16(12-20)26(27,28)29)17-10-11-30(15-17)24(31)23-21(39(3,32)33)13-19(38-18-8-9-18)14-22(23)40(4,34)35/h5-7,12-14,17-18H,8-11,15H2,1-4H3/t17-/m1/s1. The van der Waals surface area contributed by atoms with Crippen molar-refractivity contribution < 1.29 is 48.0 Å². The second-order valence-electron chi connectivity index (χ2n) is 11.0. The van der Waals surface area contributed by atoms with Crippen molar-refractivity contribution >= 4 is 35.4 Å². The van der Waals surface area contributed by atoms with E-state index in [1.54, 1.807) is 0 Å². The quantitative estimate of drug-likeness (QED) is 0.428. The molecule has 2 aliphatic rings. The van der Waals surface area contributed by atoms with E-state index < -0.39 is 78.1 Å². The van der Waals surface area contributed by atoms with Crippen LogP contribution < -0.4 is 4.74 Å². The molecule has 0 spiro atoms. The lowest BCUT2D eigenvalue weighted by atomic mass is 9.94. The fraction of sp³-hybridized carbons (Fsp3) is 0.500. The SMILES string of the molecule is CC(C)([C@@H]1CCN(C(=O)c2c(S(C)(=O)=O)cc(OC3CC3)cc2S(C)(=O)=O)C1)S(=O)(=O)c1cccc(C(F)(F)F)c1. The number of alkyl halides is 3. The number of benzene rings is 2. The van der Waals surface area contributed by atoms with Gasteiger partial charge in [-0.2, -0.15) is 13.2 Å². The average molecular weight is 638 g/mol. The number of halogens is 3. The first kappa shape index (κ1) is 31.3. The Hall–Kier alpha value is -2.65. The number of sulfone groups is 3. The van der Waals surface area contributed by atoms with Gasteiger partial charge in [-0.05, 0) is 69.4 Å². The zero-order chi connectivity index (χ0) is 30.8. The summed E-state index contributed by atoms with van der Waals surface area (Å²) in [7, 11) is -12.6. The molecule has 1 heterocycles. The number of amides is 1. The van der Waals surface area contributed by atoms with Gasteiger partial charge in [0, 0.05) is 25.6 Å². The third-order valence-electron chi connectivity index (χ3n) is 7.50. The van der Waals surface area contributed by atoms with Gasteiger partial charge in [-0.15, -0.1) is 0 Å². The van der Waals surface area contributed by atoms with Gasteiger partial charge < -0.3 is 9.64 Å². The topological polar surface area (TPSA) is 132 Å². The van der Waals surface area contributed by atoms with Gasteiger partial charge in [0.1, 0.15) is 5.75 Å². The minimum absolute atomic E-state index is 0.00230. The second kappa shape index (κ2) is 10.3. The van der Waals surface area contributed by atoms with Crippen molar-refractivity contribution in [2.75, 3.05) is 25.6 Å². The molecule has 41 heavy (non-hydrogen) atoms. The van der Waals surface area contributed by atoms with Gasteiger partial charge in [0.05, 0.1) is 36.7 Å². The largest absolute Gasteiger partial charge is 0.490 e. The molecule has 0 bridgehead atoms. The van der Waals surface area contributed by atoms with Crippen molar-refractivity contribution in [1.82, 2.24) is 4.90 Å². The number of hydrogen-bond acceptors (Lipinski definition) is 8. The molecular formula is C26H30F3NO8S3. The van der Waals surface area contributed by atoms with Crippen LogP contribution in [0.2, 0.25) is 0 Å². The van der Waals surface area contributed by atoms with Gasteiger partial charge in [0.25, 0.3) is 5.91 Å². The summed E-state index contributed by atoms with van der Waals surface area (Å²) in [5, 5.41) is 0. The van der Waals surface area contributed by atoms with E-state index in [9.17, 15) is 43.2 Å². The number of carbonyl (C=O) groups excluding carboxylic acids is 1. The summed E-state index contributed by atoms with van der Waals surface area (Å²) in [5.41, 5.74) is -1.68. The Kier molecular flexibility index (Phi) is 7.83. The van der Waals surface area contributed by atoms with Crippen LogP contribution in [0.15, 0.2) is 51.1 Å². The molecule has 2 aromatic rings. The molecule has 9 nitrogen and oxygen atoms in total. The van der Waals surface area contributed by atoms with E-state index in [1.807, 2.05) is 0 Å². The Balaban J connectivity index is 1.70. The van der Waals surface area contributed by atoms with Gasteiger partial charge in [0.2, 0.25) is 0 Å². The summed E-state index contributed by atoms with van der Waals surface area (Å²) in [6.07, 6.45) is -1.69. The molecule has 1 saturated carbocycles. The number of carbonyl (C=O) groups is 1. The highest BCUT2D eigenvalue weighted by Gasteiger charge is 2.47. The van der Waals surface area contributed by atoms with Crippen molar-refractivity contribution in [3.63, 3.8) is 0 Å². The fourth-order valence-corrected chi connectivity index (χ4v) is 8.48. The zero-order valence-electron chi connectivity index (χ0n) is 22.7. The minimum atomic E-state index is -4.75. The molecule has 4 rings (SSSR count). The minimum Gasteiger partial charge on any atom is -0.490 e. The number of hydrogen-bond donors (Lipinski definition) is 0. The normalized spacial score (nSPS) is 18.9. The Morgan fingerprint density at radius 2 is 1.46 bits per heavy atom. The summed E-state index contributed by atoms with van der Waals surface area (Å²) >= 11 is 0. The molecule has 2 fully saturated rings. The Bertz CT molecular complexity index is 1660. The summed E-state index contributed by atoms with van der Waals surface area (Å²) in [5.74, 6) is -1.68. The van der Waals surface area contributed by atoms with Crippen LogP contribution in [0.3, 0.4) is 0 Å². The molecule has 226 valence electrons. The summed E-state index contributed by atoms with van der Waals surface area (Å²) in [4.78, 5) is 13.4. The van der Waals surface area contributed by atoms with E-state index in [2.05, 4.69) is 0 Å². The first-order valence-corrected chi connectivity index (χ1v) is 17.9. The van der Waals surface area contributed by atoms with Crippen molar-refractivity contribution in [3.8, 4) is 5.75 Å². The van der Waals surface area contributed by atoms with Crippen LogP contribution in [0.5, 0.6) is 5.75 Å². The lowest BCUT2D eigenvalue weighted by Gasteiger charge is -2.31. The molecule has 15 heteroatoms. The van der Waals surface area contributed by atoms with E-state index in [0.717, 1.165) is 55.7 Å². The first-order valence-electron chi connectivity index (χ1n) is 12.6. The zero-order valence-corrected chi connectivity index (χ0v) is 25.2. The van der Waals surface area contributed by atoms with Gasteiger partial charge in [-0.3, -0.25) is 4.79 Å². The molecule has 1 amide bonds. The van der Waals surface area contributed by atoms with Crippen LogP contribution in [-0.2, 0) is 35.7 Å². The van der Waals surface area contributed by atoms with E-state index >= 15 is 0 Å². The van der Waals surface area contributed by atoms with Crippen molar-refractivity contribution in [2.45, 2.75) is 64.8 Å². The highest BCUT2D eigenvalue weighted by Crippen LogP contribution is 2.41. The van der Waals surface area contributed by atoms with Gasteiger partial charge in [-0.1, -0.05) is 6.07 Å². The van der Waals surface area contributed by atoms with E-state index in [1.165, 1.54) is 18.7 Å². The summed E-state index contributed by atoms with van der Waals surface area (Å²) < 4.78 is 122.